The Balaban J connectivity index is 1.79. The van der Waals surface area contributed by atoms with E-state index in [9.17, 15) is 4.79 Å². The van der Waals surface area contributed by atoms with Gasteiger partial charge in [0.25, 0.3) is 5.56 Å². The first-order valence-electron chi connectivity index (χ1n) is 9.18. The second-order valence-corrected chi connectivity index (χ2v) is 8.58. The zero-order valence-corrected chi connectivity index (χ0v) is 15.3. The van der Waals surface area contributed by atoms with Crippen LogP contribution in [0.4, 0.5) is 0 Å². The average molecular weight is 332 g/mol. The first-order valence-corrected chi connectivity index (χ1v) is 9.18. The van der Waals surface area contributed by atoms with Crippen LogP contribution in [0.1, 0.15) is 50.8 Å². The van der Waals surface area contributed by atoms with Gasteiger partial charge in [0.1, 0.15) is 0 Å². The Morgan fingerprint density at radius 1 is 1.04 bits per heavy atom. The maximum Gasteiger partial charge on any atom is 0.275 e. The molecule has 0 N–H and O–H groups in total. The number of hydrogen-bond acceptors (Lipinski definition) is 1. The van der Waals surface area contributed by atoms with Crippen molar-refractivity contribution in [3.05, 3.63) is 64.1 Å². The van der Waals surface area contributed by atoms with Gasteiger partial charge >= 0.3 is 0 Å². The van der Waals surface area contributed by atoms with E-state index in [0.717, 1.165) is 17.7 Å². The summed E-state index contributed by atoms with van der Waals surface area (Å²) in [5.41, 5.74) is 3.71. The SMILES string of the molecule is Cn1c2c(c(=O)n1-c1ccc3ccccc3c1)[C@H]1CC[C@]2(C)C1(C)C. The van der Waals surface area contributed by atoms with Crippen LogP contribution in [0.5, 0.6) is 0 Å². The molecular formula is C22H24N2O. The Kier molecular flexibility index (Phi) is 2.67. The van der Waals surface area contributed by atoms with Crippen LogP contribution in [0.25, 0.3) is 16.5 Å². The highest BCUT2D eigenvalue weighted by atomic mass is 16.1. The summed E-state index contributed by atoms with van der Waals surface area (Å²) >= 11 is 0. The fourth-order valence-electron chi connectivity index (χ4n) is 5.62. The van der Waals surface area contributed by atoms with Crippen molar-refractivity contribution in [2.75, 3.05) is 0 Å². The lowest BCUT2D eigenvalue weighted by molar-refractivity contribution is 0.218. The minimum absolute atomic E-state index is 0.0863. The third-order valence-electron chi connectivity index (χ3n) is 7.38. The smallest absolute Gasteiger partial charge is 0.275 e. The van der Waals surface area contributed by atoms with Crippen molar-refractivity contribution in [1.82, 2.24) is 9.36 Å². The molecule has 0 unspecified atom stereocenters. The van der Waals surface area contributed by atoms with Crippen LogP contribution < -0.4 is 5.56 Å². The molecule has 128 valence electrons. The monoisotopic (exact) mass is 332 g/mol. The van der Waals surface area contributed by atoms with Crippen LogP contribution in [0, 0.1) is 5.41 Å². The summed E-state index contributed by atoms with van der Waals surface area (Å²) in [7, 11) is 2.05. The molecule has 1 saturated carbocycles. The summed E-state index contributed by atoms with van der Waals surface area (Å²) in [6.07, 6.45) is 2.31. The summed E-state index contributed by atoms with van der Waals surface area (Å²) < 4.78 is 4.01. The Hall–Kier alpha value is -2.29. The van der Waals surface area contributed by atoms with Crippen molar-refractivity contribution in [2.24, 2.45) is 12.5 Å². The molecule has 3 aromatic rings. The summed E-state index contributed by atoms with van der Waals surface area (Å²) in [5, 5.41) is 2.37. The molecule has 3 nitrogen and oxygen atoms in total. The maximum atomic E-state index is 13.4. The number of hydrogen-bond donors (Lipinski definition) is 0. The zero-order valence-electron chi connectivity index (χ0n) is 15.3. The minimum atomic E-state index is 0.0863. The predicted octanol–water partition coefficient (Wildman–Crippen LogP) is 4.50. The molecule has 5 rings (SSSR count). The molecule has 0 amide bonds. The van der Waals surface area contributed by atoms with Gasteiger partial charge in [-0.3, -0.25) is 9.48 Å². The second-order valence-electron chi connectivity index (χ2n) is 8.58. The number of nitrogens with zero attached hydrogens (tertiary/aromatic N) is 2. The number of fused-ring (bicyclic) bond motifs is 6. The summed E-state index contributed by atoms with van der Waals surface area (Å²) in [6.45, 7) is 7.03. The van der Waals surface area contributed by atoms with Gasteiger partial charge in [-0.15, -0.1) is 0 Å². The quantitative estimate of drug-likeness (QED) is 0.644. The first-order chi connectivity index (χ1) is 11.9. The van der Waals surface area contributed by atoms with Crippen molar-refractivity contribution in [1.29, 1.82) is 0 Å². The van der Waals surface area contributed by atoms with Gasteiger partial charge in [-0.2, -0.15) is 0 Å². The van der Waals surface area contributed by atoms with E-state index in [1.165, 1.54) is 22.9 Å². The van der Waals surface area contributed by atoms with Crippen molar-refractivity contribution < 1.29 is 0 Å². The molecule has 2 atom stereocenters. The van der Waals surface area contributed by atoms with Crippen molar-refractivity contribution >= 4 is 10.8 Å². The Morgan fingerprint density at radius 2 is 1.76 bits per heavy atom. The van der Waals surface area contributed by atoms with E-state index < -0.39 is 0 Å². The highest BCUT2D eigenvalue weighted by Crippen LogP contribution is 2.66. The molecule has 2 bridgehead atoms. The standard InChI is InChI=1S/C22H24N2O/c1-21(2)17-11-12-22(21,3)19-18(17)20(25)24(23(19)4)16-10-9-14-7-5-6-8-15(14)13-16/h5-10,13,17H,11-12H2,1-4H3/t17-,22+/m1/s1. The highest BCUT2D eigenvalue weighted by molar-refractivity contribution is 5.84. The van der Waals surface area contributed by atoms with E-state index >= 15 is 0 Å². The summed E-state index contributed by atoms with van der Waals surface area (Å²) in [5.74, 6) is 0.382. The molecule has 0 radical (unpaired) electrons. The van der Waals surface area contributed by atoms with Crippen LogP contribution in [0.2, 0.25) is 0 Å². The van der Waals surface area contributed by atoms with E-state index in [4.69, 9.17) is 0 Å². The van der Waals surface area contributed by atoms with Gasteiger partial charge in [0, 0.05) is 18.0 Å². The molecular weight excluding hydrogens is 308 g/mol. The van der Waals surface area contributed by atoms with Gasteiger partial charge in [0.05, 0.1) is 11.4 Å². The summed E-state index contributed by atoms with van der Waals surface area (Å²) in [4.78, 5) is 13.4. The minimum Gasteiger partial charge on any atom is -0.284 e. The lowest BCUT2D eigenvalue weighted by Crippen LogP contribution is -2.35. The van der Waals surface area contributed by atoms with E-state index in [-0.39, 0.29) is 16.4 Å². The highest BCUT2D eigenvalue weighted by Gasteiger charge is 2.62. The number of rotatable bonds is 1. The zero-order chi connectivity index (χ0) is 17.6. The van der Waals surface area contributed by atoms with E-state index in [1.807, 2.05) is 16.8 Å². The molecule has 2 aliphatic carbocycles. The molecule has 25 heavy (non-hydrogen) atoms. The topological polar surface area (TPSA) is 26.9 Å². The predicted molar refractivity (Wildman–Crippen MR) is 102 cm³/mol. The van der Waals surface area contributed by atoms with Crippen molar-refractivity contribution in [2.45, 2.75) is 44.9 Å². The van der Waals surface area contributed by atoms with Gasteiger partial charge in [-0.1, -0.05) is 51.1 Å². The lowest BCUT2D eigenvalue weighted by atomic mass is 9.70. The van der Waals surface area contributed by atoms with Crippen LogP contribution in [-0.2, 0) is 12.5 Å². The molecule has 1 aromatic heterocycles. The molecule has 0 spiro atoms. The van der Waals surface area contributed by atoms with Crippen molar-refractivity contribution in [3.8, 4) is 5.69 Å². The maximum absolute atomic E-state index is 13.4. The van der Waals surface area contributed by atoms with E-state index in [2.05, 4.69) is 62.8 Å². The van der Waals surface area contributed by atoms with Crippen LogP contribution >= 0.6 is 0 Å². The number of aromatic nitrogens is 2. The summed E-state index contributed by atoms with van der Waals surface area (Å²) in [6, 6.07) is 14.6. The molecule has 2 aliphatic rings. The van der Waals surface area contributed by atoms with Crippen LogP contribution in [-0.4, -0.2) is 9.36 Å². The molecule has 1 fully saturated rings. The van der Waals surface area contributed by atoms with Gasteiger partial charge < -0.3 is 0 Å². The average Bonchev–Trinajstić information content (AvgIpc) is 3.06. The van der Waals surface area contributed by atoms with Gasteiger partial charge in [0.2, 0.25) is 0 Å². The van der Waals surface area contributed by atoms with Gasteiger partial charge in [-0.25, -0.2) is 4.68 Å². The van der Waals surface area contributed by atoms with Crippen molar-refractivity contribution in [3.63, 3.8) is 0 Å². The van der Waals surface area contributed by atoms with Gasteiger partial charge in [0.15, 0.2) is 0 Å². The van der Waals surface area contributed by atoms with E-state index in [0.29, 0.717) is 5.92 Å². The Bertz CT molecular complexity index is 1090. The van der Waals surface area contributed by atoms with Crippen LogP contribution in [0.15, 0.2) is 47.3 Å². The normalized spacial score (nSPS) is 26.3. The number of benzene rings is 2. The van der Waals surface area contributed by atoms with E-state index in [1.54, 1.807) is 0 Å². The van der Waals surface area contributed by atoms with Crippen LogP contribution in [0.3, 0.4) is 0 Å². The molecule has 1 heterocycles. The lowest BCUT2D eigenvalue weighted by Gasteiger charge is -2.36. The third kappa shape index (κ3) is 1.60. The largest absolute Gasteiger partial charge is 0.284 e. The molecule has 0 saturated heterocycles. The molecule has 3 heteroatoms. The first kappa shape index (κ1) is 15.0. The molecule has 2 aromatic carbocycles. The fraction of sp³-hybridized carbons (Fsp3) is 0.409. The fourth-order valence-corrected chi connectivity index (χ4v) is 5.62. The Labute approximate surface area is 147 Å². The van der Waals surface area contributed by atoms with Gasteiger partial charge in [-0.05, 0) is 47.1 Å². The second kappa shape index (κ2) is 4.46. The molecule has 0 aliphatic heterocycles. The Morgan fingerprint density at radius 3 is 2.48 bits per heavy atom. The third-order valence-corrected chi connectivity index (χ3v) is 7.38.